The number of imidazole rings is 1. The summed E-state index contributed by atoms with van der Waals surface area (Å²) < 4.78 is 27.3. The third-order valence-electron chi connectivity index (χ3n) is 26.5. The van der Waals surface area contributed by atoms with Crippen molar-refractivity contribution in [3.8, 4) is 90.7 Å². The predicted molar refractivity (Wildman–Crippen MR) is 579 cm³/mol. The van der Waals surface area contributed by atoms with Crippen molar-refractivity contribution in [1.82, 2.24) is 34.5 Å². The molecular weight excluding hydrogens is 2580 g/mol. The third-order valence-corrected chi connectivity index (χ3v) is 26.5. The Bertz CT molecular complexity index is 8550. The van der Waals surface area contributed by atoms with Crippen molar-refractivity contribution < 1.29 is 103 Å². The van der Waals surface area contributed by atoms with Gasteiger partial charge in [0.2, 0.25) is 0 Å². The van der Waals surface area contributed by atoms with Crippen molar-refractivity contribution in [2.45, 2.75) is 39.3 Å². The predicted octanol–water partition coefficient (Wildman–Crippen LogP) is 30.0. The van der Waals surface area contributed by atoms with Crippen LogP contribution in [0, 0.1) is 48.5 Å². The number of aryl methyl sites for hydroxylation is 1. The molecule has 0 spiro atoms. The van der Waals surface area contributed by atoms with Gasteiger partial charge in [0.1, 0.15) is 26.4 Å². The first-order valence-electron chi connectivity index (χ1n) is 48.4. The van der Waals surface area contributed by atoms with Crippen LogP contribution in [0.1, 0.15) is 44.5 Å². The van der Waals surface area contributed by atoms with Crippen molar-refractivity contribution in [1.29, 1.82) is 0 Å². The molecule has 22 aromatic rings. The second kappa shape index (κ2) is 44.7. The SMILES string of the molecule is Cn1c(-c2[c-]c3c(cc2)OCc2ccccc2N3c2[c-]c(-c3ccccn3)ccc2)nc2ccccc21.[Pt+2].[Pt+2].[Pt+2].[Pt+2].[c-]1c(-c2ccccn2)cccc1N1c2[c-]c(-c3nccc4ccccc34)ccc2OCc2ccccc21.[c-]1c(-c2ccccn2)cccc1N1c2[c-]c(C3=Nc4ccccc4C3)ccc2OCc2ccccc21.[c-]1c(-c2ccccn2)cccc1N1c2[c-]c(C3=Nc4ccccc4C3)ccc2OCc2ccccc21. The molecule has 0 radical (unpaired) electrons. The van der Waals surface area contributed by atoms with Crippen molar-refractivity contribution in [3.63, 3.8) is 0 Å². The number of aromatic nitrogens is 7. The molecule has 0 saturated heterocycles. The average Bonchev–Trinajstić information content (AvgIpc) is 1.32. The van der Waals surface area contributed by atoms with E-state index in [1.54, 1.807) is 24.8 Å². The van der Waals surface area contributed by atoms with E-state index in [4.69, 9.17) is 38.9 Å². The summed E-state index contributed by atoms with van der Waals surface area (Å²) in [7, 11) is 2.04. The zero-order chi connectivity index (χ0) is 97.2. The standard InChI is InChI=1S/C33H21N3O.C32H22N4O.2C32H21N3O.4Pt/c1-3-12-28-23(8-1)17-19-35-33(28)25-15-16-32-31(21-25)36(30-14-4-2-9-26(30)22-37-32)27-11-7-10-24(20-27)29-13-5-6-18-34-29;1-35-29-15-5-3-13-27(29)34-32(35)23-16-17-31-30(20-23)36(28-14-4-2-9-24(28)21-37-31)25-11-8-10-22(19-25)26-12-6-7-18-33-26;2*1-3-13-28-23(8-1)19-29(34-28)24-15-16-32-31(20-24)35(30-14-4-2-9-25(30)21-36-32)26-11-7-10-22(18-26)27-12-5-6-17-33-27;;;;/h1-19H,22H2;2-18H,21H2,1H3;2*1-17H,19,21H2;;;;/q4*-2;4*+2. The van der Waals surface area contributed by atoms with Crippen molar-refractivity contribution in [3.05, 3.63) is 518 Å². The molecule has 6 aliphatic heterocycles. The van der Waals surface area contributed by atoms with Gasteiger partial charge >= 0.3 is 84.3 Å². The fourth-order valence-electron chi connectivity index (χ4n) is 19.5. The van der Waals surface area contributed by atoms with Gasteiger partial charge in [-0.05, 0) is 176 Å². The number of nitrogens with zero attached hydrogens (tertiary/aromatic N) is 13. The molecule has 0 unspecified atom stereocenters. The van der Waals surface area contributed by atoms with Gasteiger partial charge in [0.15, 0.2) is 0 Å². The minimum absolute atomic E-state index is 0. The topological polar surface area (TPSA) is 157 Å². The minimum atomic E-state index is 0. The molecule has 150 heavy (non-hydrogen) atoms. The molecule has 28 rings (SSSR count). The molecule has 6 aromatic heterocycles. The zero-order valence-corrected chi connectivity index (χ0v) is 89.5. The van der Waals surface area contributed by atoms with Gasteiger partial charge in [-0.2, -0.15) is 0 Å². The van der Waals surface area contributed by atoms with E-state index in [0.717, 1.165) is 250 Å². The van der Waals surface area contributed by atoms with Crippen LogP contribution in [0.25, 0.3) is 89.5 Å². The Hall–Kier alpha value is -16.5. The molecule has 12 heterocycles. The second-order valence-corrected chi connectivity index (χ2v) is 35.6. The number of ether oxygens (including phenoxy) is 4. The molecule has 17 nitrogen and oxygen atoms in total. The number of fused-ring (bicyclic) bond motifs is 12. The maximum absolute atomic E-state index is 6.30. The number of aliphatic imine (C=N–C) groups is 2. The van der Waals surface area contributed by atoms with E-state index in [-0.39, 0.29) is 84.3 Å². The molecule has 0 N–H and O–H groups in total. The normalized spacial score (nSPS) is 12.7. The van der Waals surface area contributed by atoms with Gasteiger partial charge in [-0.15, -0.1) is 214 Å². The van der Waals surface area contributed by atoms with E-state index in [9.17, 15) is 0 Å². The molecular formula is C129H85N13O4Pt4. The Kier molecular flexibility index (Phi) is 29.6. The zero-order valence-electron chi connectivity index (χ0n) is 80.4. The molecule has 0 bridgehead atoms. The molecule has 0 aliphatic carbocycles. The van der Waals surface area contributed by atoms with Crippen LogP contribution in [0.2, 0.25) is 0 Å². The summed E-state index contributed by atoms with van der Waals surface area (Å²) in [5.74, 6) is 3.94. The minimum Gasteiger partial charge on any atom is -0.530 e. The maximum Gasteiger partial charge on any atom is 2.00 e. The Balaban J connectivity index is 0.000000116. The Labute approximate surface area is 927 Å². The van der Waals surface area contributed by atoms with Gasteiger partial charge in [0.05, 0.1) is 51.2 Å². The Morgan fingerprint density at radius 3 is 0.940 bits per heavy atom. The monoisotopic (exact) mass is 2660 g/mol. The maximum atomic E-state index is 6.30. The van der Waals surface area contributed by atoms with Crippen LogP contribution in [-0.2, 0) is 131 Å². The van der Waals surface area contributed by atoms with E-state index in [1.165, 1.54) is 11.1 Å². The Morgan fingerprint density at radius 2 is 0.567 bits per heavy atom. The van der Waals surface area contributed by atoms with Crippen LogP contribution < -0.4 is 38.5 Å². The van der Waals surface area contributed by atoms with Crippen LogP contribution in [0.5, 0.6) is 23.0 Å². The number of pyridine rings is 5. The van der Waals surface area contributed by atoms with Gasteiger partial charge < -0.3 is 78.0 Å². The fraction of sp³-hybridized carbons (Fsp3) is 0.0543. The van der Waals surface area contributed by atoms with E-state index in [2.05, 4.69) is 256 Å². The summed E-state index contributed by atoms with van der Waals surface area (Å²) in [5.41, 5.74) is 36.0. The molecule has 730 valence electrons. The summed E-state index contributed by atoms with van der Waals surface area (Å²) in [5, 5.41) is 2.23. The molecule has 0 atom stereocenters. The summed E-state index contributed by atoms with van der Waals surface area (Å²) in [4.78, 5) is 46.3. The third kappa shape index (κ3) is 20.1. The Morgan fingerprint density at radius 1 is 0.247 bits per heavy atom. The molecule has 16 aromatic carbocycles. The van der Waals surface area contributed by atoms with Crippen LogP contribution in [0.4, 0.5) is 79.6 Å². The van der Waals surface area contributed by atoms with Crippen LogP contribution >= 0.6 is 0 Å². The van der Waals surface area contributed by atoms with Gasteiger partial charge in [-0.3, -0.25) is 4.98 Å². The number of anilines is 12. The van der Waals surface area contributed by atoms with Crippen molar-refractivity contribution >= 4 is 113 Å². The molecule has 0 saturated carbocycles. The summed E-state index contributed by atoms with van der Waals surface area (Å²) >= 11 is 0. The summed E-state index contributed by atoms with van der Waals surface area (Å²) in [6.07, 6.45) is 10.7. The average molecular weight is 2660 g/mol. The van der Waals surface area contributed by atoms with E-state index < -0.39 is 0 Å². The first-order valence-corrected chi connectivity index (χ1v) is 48.4. The smallest absolute Gasteiger partial charge is 0.530 e. The fourth-order valence-corrected chi connectivity index (χ4v) is 19.5. The van der Waals surface area contributed by atoms with Crippen LogP contribution in [-0.4, -0.2) is 45.9 Å². The quantitative estimate of drug-likeness (QED) is 0.106. The van der Waals surface area contributed by atoms with Crippen molar-refractivity contribution in [2.24, 2.45) is 17.0 Å². The first kappa shape index (κ1) is 99.5. The van der Waals surface area contributed by atoms with Gasteiger partial charge in [-0.25, -0.2) is 0 Å². The second-order valence-electron chi connectivity index (χ2n) is 35.6. The van der Waals surface area contributed by atoms with Crippen LogP contribution in [0.3, 0.4) is 0 Å². The van der Waals surface area contributed by atoms with Gasteiger partial charge in [0.25, 0.3) is 0 Å². The number of hydrogen-bond acceptors (Lipinski definition) is 16. The van der Waals surface area contributed by atoms with Gasteiger partial charge in [-0.1, -0.05) is 194 Å². The molecule has 21 heteroatoms. The number of hydrogen-bond donors (Lipinski definition) is 0. The first-order chi connectivity index (χ1) is 72.3. The van der Waals surface area contributed by atoms with E-state index in [1.807, 2.05) is 244 Å². The van der Waals surface area contributed by atoms with E-state index >= 15 is 0 Å². The summed E-state index contributed by atoms with van der Waals surface area (Å²) in [6.45, 7) is 1.91. The van der Waals surface area contributed by atoms with Crippen LogP contribution in [0.15, 0.2) is 435 Å². The summed E-state index contributed by atoms with van der Waals surface area (Å²) in [6, 6.07) is 162. The molecule has 0 fully saturated rings. The largest absolute Gasteiger partial charge is 2.00 e. The number of rotatable bonds is 12. The van der Waals surface area contributed by atoms with E-state index in [0.29, 0.717) is 26.4 Å². The number of benzene rings is 16. The van der Waals surface area contributed by atoms with Gasteiger partial charge in [0, 0.05) is 106 Å². The van der Waals surface area contributed by atoms with Crippen molar-refractivity contribution in [2.75, 3.05) is 19.6 Å². The molecule has 0 amide bonds. The molecule has 6 aliphatic rings. The number of para-hydroxylation sites is 8.